The van der Waals surface area contributed by atoms with E-state index < -0.39 is 4.92 Å². The molecule has 1 aromatic rings. The van der Waals surface area contributed by atoms with Gasteiger partial charge in [0, 0.05) is 11.1 Å². The molecule has 86 valence electrons. The normalized spacial score (nSPS) is 10.4. The zero-order valence-corrected chi connectivity index (χ0v) is 9.27. The summed E-state index contributed by atoms with van der Waals surface area (Å²) in [6, 6.07) is 4.17. The van der Waals surface area contributed by atoms with Gasteiger partial charge in [-0.15, -0.1) is 5.10 Å². The smallest absolute Gasteiger partial charge is 0.294 e. The van der Waals surface area contributed by atoms with E-state index in [1.165, 1.54) is 24.6 Å². The van der Waals surface area contributed by atoms with Crippen molar-refractivity contribution in [3.8, 4) is 0 Å². The quantitative estimate of drug-likeness (QED) is 0.373. The number of nitro benzene ring substituents is 1. The number of nitrogens with zero attached hydrogens (tertiary/aromatic N) is 2. The van der Waals surface area contributed by atoms with E-state index >= 15 is 0 Å². The lowest BCUT2D eigenvalue weighted by molar-refractivity contribution is -0.384. The maximum absolute atomic E-state index is 10.7. The van der Waals surface area contributed by atoms with Gasteiger partial charge in [-0.05, 0) is 19.1 Å². The van der Waals surface area contributed by atoms with Gasteiger partial charge in [-0.25, -0.2) is 0 Å². The first-order chi connectivity index (χ1) is 7.65. The summed E-state index contributed by atoms with van der Waals surface area (Å²) in [6.45, 7) is 2.27. The summed E-state index contributed by atoms with van der Waals surface area (Å²) in [7, 11) is 0. The van der Waals surface area contributed by atoms with Crippen LogP contribution in [0, 0.1) is 10.1 Å². The highest BCUT2D eigenvalue weighted by atomic mass is 35.5. The Morgan fingerprint density at radius 2 is 2.44 bits per heavy atom. The number of ether oxygens (including phenoxy) is 1. The van der Waals surface area contributed by atoms with Crippen LogP contribution in [0.5, 0.6) is 0 Å². The Morgan fingerprint density at radius 3 is 3.06 bits per heavy atom. The molecule has 0 unspecified atom stereocenters. The molecule has 0 spiro atoms. The minimum atomic E-state index is -0.519. The summed E-state index contributed by atoms with van der Waals surface area (Å²) in [4.78, 5) is 10.1. The first kappa shape index (κ1) is 12.3. The van der Waals surface area contributed by atoms with Crippen LogP contribution in [0.1, 0.15) is 6.92 Å². The minimum Gasteiger partial charge on any atom is -0.482 e. The Labute approximate surface area is 97.0 Å². The Bertz CT molecular complexity index is 409. The van der Waals surface area contributed by atoms with Crippen molar-refractivity contribution in [2.45, 2.75) is 6.92 Å². The fraction of sp³-hybridized carbons (Fsp3) is 0.222. The molecule has 0 heterocycles. The standard InChI is InChI=1S/C9H10ClN3O3/c1-2-16-6-11-12-8-5-7(10)3-4-9(8)13(14)15/h3-6,12H,2H2,1H3/b11-6+. The topological polar surface area (TPSA) is 76.8 Å². The van der Waals surface area contributed by atoms with E-state index in [-0.39, 0.29) is 11.4 Å². The van der Waals surface area contributed by atoms with E-state index in [0.29, 0.717) is 11.6 Å². The molecule has 0 saturated heterocycles. The molecule has 6 nitrogen and oxygen atoms in total. The van der Waals surface area contributed by atoms with Crippen LogP contribution in [-0.4, -0.2) is 17.9 Å². The van der Waals surface area contributed by atoms with Crippen molar-refractivity contribution in [3.05, 3.63) is 33.3 Å². The first-order valence-electron chi connectivity index (χ1n) is 4.48. The molecule has 1 aromatic carbocycles. The highest BCUT2D eigenvalue weighted by Crippen LogP contribution is 2.27. The van der Waals surface area contributed by atoms with Gasteiger partial charge < -0.3 is 4.74 Å². The number of nitro groups is 1. The number of hydrogen-bond acceptors (Lipinski definition) is 5. The van der Waals surface area contributed by atoms with Gasteiger partial charge in [-0.3, -0.25) is 15.5 Å². The van der Waals surface area contributed by atoms with Crippen LogP contribution in [0.15, 0.2) is 23.3 Å². The molecule has 16 heavy (non-hydrogen) atoms. The number of rotatable bonds is 5. The molecular weight excluding hydrogens is 234 g/mol. The Kier molecular flexibility index (Phi) is 4.53. The molecule has 0 aromatic heterocycles. The summed E-state index contributed by atoms with van der Waals surface area (Å²) in [6.07, 6.45) is 1.17. The number of benzene rings is 1. The second-order valence-electron chi connectivity index (χ2n) is 2.72. The van der Waals surface area contributed by atoms with Crippen LogP contribution in [0.3, 0.4) is 0 Å². The highest BCUT2D eigenvalue weighted by Gasteiger charge is 2.12. The molecule has 0 saturated carbocycles. The van der Waals surface area contributed by atoms with Crippen molar-refractivity contribution >= 4 is 29.4 Å². The van der Waals surface area contributed by atoms with E-state index in [2.05, 4.69) is 10.5 Å². The molecule has 0 atom stereocenters. The number of anilines is 1. The SMILES string of the molecule is CCO/C=N/Nc1cc(Cl)ccc1[N+](=O)[O-]. The van der Waals surface area contributed by atoms with Gasteiger partial charge in [0.1, 0.15) is 5.69 Å². The fourth-order valence-corrected chi connectivity index (χ4v) is 1.14. The molecule has 7 heteroatoms. The van der Waals surface area contributed by atoms with Gasteiger partial charge in [0.15, 0.2) is 6.40 Å². The average Bonchev–Trinajstić information content (AvgIpc) is 2.24. The third-order valence-corrected chi connectivity index (χ3v) is 1.87. The van der Waals surface area contributed by atoms with Crippen molar-refractivity contribution in [3.63, 3.8) is 0 Å². The first-order valence-corrected chi connectivity index (χ1v) is 4.86. The number of hydrogen-bond donors (Lipinski definition) is 1. The van der Waals surface area contributed by atoms with Crippen LogP contribution in [0.2, 0.25) is 5.02 Å². The molecule has 0 fully saturated rings. The van der Waals surface area contributed by atoms with Gasteiger partial charge >= 0.3 is 0 Å². The third kappa shape index (κ3) is 3.39. The zero-order valence-electron chi connectivity index (χ0n) is 8.51. The van der Waals surface area contributed by atoms with Crippen LogP contribution in [-0.2, 0) is 4.74 Å². The Hall–Kier alpha value is -1.82. The molecule has 1 N–H and O–H groups in total. The lowest BCUT2D eigenvalue weighted by Gasteiger charge is -2.02. The van der Waals surface area contributed by atoms with Crippen molar-refractivity contribution in [1.29, 1.82) is 0 Å². The van der Waals surface area contributed by atoms with Crippen molar-refractivity contribution in [2.75, 3.05) is 12.0 Å². The number of hydrazone groups is 1. The van der Waals surface area contributed by atoms with Gasteiger partial charge in [0.2, 0.25) is 0 Å². The summed E-state index contributed by atoms with van der Waals surface area (Å²) >= 11 is 5.72. The molecule has 0 aliphatic heterocycles. The minimum absolute atomic E-state index is 0.0990. The predicted molar refractivity (Wildman–Crippen MR) is 61.8 cm³/mol. The molecule has 1 rings (SSSR count). The molecule has 0 aliphatic rings. The van der Waals surface area contributed by atoms with Gasteiger partial charge in [-0.1, -0.05) is 11.6 Å². The van der Waals surface area contributed by atoms with E-state index in [1.807, 2.05) is 0 Å². The summed E-state index contributed by atoms with van der Waals surface area (Å²) in [5, 5.41) is 14.7. The lowest BCUT2D eigenvalue weighted by atomic mass is 10.3. The Morgan fingerprint density at radius 1 is 1.69 bits per heavy atom. The summed E-state index contributed by atoms with van der Waals surface area (Å²) in [5.74, 6) is 0. The molecular formula is C9H10ClN3O3. The van der Waals surface area contributed by atoms with Crippen molar-refractivity contribution in [2.24, 2.45) is 5.10 Å². The van der Waals surface area contributed by atoms with Gasteiger partial charge in [0.25, 0.3) is 5.69 Å². The van der Waals surface area contributed by atoms with Crippen molar-refractivity contribution < 1.29 is 9.66 Å². The van der Waals surface area contributed by atoms with Crippen LogP contribution in [0.4, 0.5) is 11.4 Å². The van der Waals surface area contributed by atoms with Gasteiger partial charge in [0.05, 0.1) is 11.5 Å². The van der Waals surface area contributed by atoms with E-state index in [9.17, 15) is 10.1 Å². The zero-order chi connectivity index (χ0) is 12.0. The van der Waals surface area contributed by atoms with Crippen LogP contribution >= 0.6 is 11.6 Å². The Balaban J connectivity index is 2.84. The third-order valence-electron chi connectivity index (χ3n) is 1.63. The maximum Gasteiger partial charge on any atom is 0.294 e. The highest BCUT2D eigenvalue weighted by molar-refractivity contribution is 6.31. The molecule has 0 amide bonds. The fourth-order valence-electron chi connectivity index (χ4n) is 0.965. The van der Waals surface area contributed by atoms with Gasteiger partial charge in [-0.2, -0.15) is 0 Å². The lowest BCUT2D eigenvalue weighted by Crippen LogP contribution is -1.97. The second kappa shape index (κ2) is 5.92. The van der Waals surface area contributed by atoms with E-state index in [1.54, 1.807) is 6.92 Å². The summed E-state index contributed by atoms with van der Waals surface area (Å²) < 4.78 is 4.83. The monoisotopic (exact) mass is 243 g/mol. The van der Waals surface area contributed by atoms with E-state index in [0.717, 1.165) is 0 Å². The summed E-state index contributed by atoms with van der Waals surface area (Å²) in [5.41, 5.74) is 2.61. The number of halogens is 1. The largest absolute Gasteiger partial charge is 0.482 e. The molecule has 0 bridgehead atoms. The van der Waals surface area contributed by atoms with Crippen molar-refractivity contribution in [1.82, 2.24) is 0 Å². The maximum atomic E-state index is 10.7. The average molecular weight is 244 g/mol. The molecule has 0 radical (unpaired) electrons. The van der Waals surface area contributed by atoms with E-state index in [4.69, 9.17) is 16.3 Å². The molecule has 0 aliphatic carbocycles. The van der Waals surface area contributed by atoms with Crippen LogP contribution in [0.25, 0.3) is 0 Å². The predicted octanol–water partition coefficient (Wildman–Crippen LogP) is 2.64. The van der Waals surface area contributed by atoms with Crippen LogP contribution < -0.4 is 5.43 Å². The number of nitrogens with one attached hydrogen (secondary N) is 1. The second-order valence-corrected chi connectivity index (χ2v) is 3.16.